The van der Waals surface area contributed by atoms with Gasteiger partial charge in [0.2, 0.25) is 0 Å². The lowest BCUT2D eigenvalue weighted by Gasteiger charge is -2.17. The molecule has 140 valence electrons. The fraction of sp³-hybridized carbons (Fsp3) is 0.286. The molecule has 0 saturated carbocycles. The summed E-state index contributed by atoms with van der Waals surface area (Å²) in [6.07, 6.45) is 0. The SMILES string of the molecule is Cc1cccc(C)c1OCC(C)NC(=O)c1nn(-c2ccccc2)nc1C. The monoisotopic (exact) mass is 364 g/mol. The van der Waals surface area contributed by atoms with Crippen molar-refractivity contribution in [1.29, 1.82) is 0 Å². The Morgan fingerprint density at radius 3 is 2.37 bits per heavy atom. The van der Waals surface area contributed by atoms with Crippen LogP contribution in [0.3, 0.4) is 0 Å². The quantitative estimate of drug-likeness (QED) is 0.728. The Kier molecular flexibility index (Phi) is 5.54. The molecule has 0 fully saturated rings. The summed E-state index contributed by atoms with van der Waals surface area (Å²) in [5.41, 5.74) is 3.87. The summed E-state index contributed by atoms with van der Waals surface area (Å²) in [5, 5.41) is 11.6. The number of aryl methyl sites for hydroxylation is 3. The van der Waals surface area contributed by atoms with E-state index >= 15 is 0 Å². The van der Waals surface area contributed by atoms with Crippen LogP contribution in [0.5, 0.6) is 5.75 Å². The second-order valence-corrected chi connectivity index (χ2v) is 6.67. The lowest BCUT2D eigenvalue weighted by Crippen LogP contribution is -2.37. The Morgan fingerprint density at radius 1 is 1.04 bits per heavy atom. The maximum absolute atomic E-state index is 12.6. The molecule has 1 unspecified atom stereocenters. The van der Waals surface area contributed by atoms with E-state index in [0.717, 1.165) is 22.6 Å². The Morgan fingerprint density at radius 2 is 1.70 bits per heavy atom. The van der Waals surface area contributed by atoms with Crippen LogP contribution in [0, 0.1) is 20.8 Å². The molecule has 0 radical (unpaired) electrons. The first-order valence-corrected chi connectivity index (χ1v) is 8.95. The van der Waals surface area contributed by atoms with Crippen molar-refractivity contribution in [1.82, 2.24) is 20.3 Å². The van der Waals surface area contributed by atoms with Crippen LogP contribution in [0.4, 0.5) is 0 Å². The molecule has 0 saturated heterocycles. The number of aromatic nitrogens is 3. The largest absolute Gasteiger partial charge is 0.491 e. The van der Waals surface area contributed by atoms with Crippen LogP contribution >= 0.6 is 0 Å². The molecule has 3 aromatic rings. The van der Waals surface area contributed by atoms with E-state index in [4.69, 9.17) is 4.74 Å². The van der Waals surface area contributed by atoms with Gasteiger partial charge in [-0.2, -0.15) is 9.90 Å². The smallest absolute Gasteiger partial charge is 0.274 e. The molecule has 1 atom stereocenters. The number of hydrogen-bond acceptors (Lipinski definition) is 4. The minimum atomic E-state index is -0.257. The molecule has 27 heavy (non-hydrogen) atoms. The van der Waals surface area contributed by atoms with E-state index in [1.807, 2.05) is 69.3 Å². The van der Waals surface area contributed by atoms with Crippen LogP contribution in [-0.4, -0.2) is 33.5 Å². The molecule has 6 nitrogen and oxygen atoms in total. The number of carbonyl (C=O) groups is 1. The number of nitrogens with zero attached hydrogens (tertiary/aromatic N) is 3. The second-order valence-electron chi connectivity index (χ2n) is 6.67. The fourth-order valence-corrected chi connectivity index (χ4v) is 2.83. The lowest BCUT2D eigenvalue weighted by atomic mass is 10.1. The number of carbonyl (C=O) groups excluding carboxylic acids is 1. The van der Waals surface area contributed by atoms with Gasteiger partial charge in [0.1, 0.15) is 12.4 Å². The summed E-state index contributed by atoms with van der Waals surface area (Å²) >= 11 is 0. The molecule has 1 aromatic heterocycles. The van der Waals surface area contributed by atoms with Gasteiger partial charge in [0.15, 0.2) is 5.69 Å². The van der Waals surface area contributed by atoms with Gasteiger partial charge in [-0.3, -0.25) is 4.79 Å². The van der Waals surface area contributed by atoms with Crippen molar-refractivity contribution < 1.29 is 9.53 Å². The summed E-state index contributed by atoms with van der Waals surface area (Å²) in [4.78, 5) is 14.1. The summed E-state index contributed by atoms with van der Waals surface area (Å²) in [6, 6.07) is 15.4. The van der Waals surface area contributed by atoms with Gasteiger partial charge in [0, 0.05) is 0 Å². The summed E-state index contributed by atoms with van der Waals surface area (Å²) < 4.78 is 5.91. The standard InChI is InChI=1S/C21H24N4O2/c1-14-9-8-10-15(2)20(14)27-13-16(3)22-21(26)19-17(4)23-25(24-19)18-11-6-5-7-12-18/h5-12,16H,13H2,1-4H3,(H,22,26). The molecule has 2 aromatic carbocycles. The minimum Gasteiger partial charge on any atom is -0.491 e. The van der Waals surface area contributed by atoms with Crippen LogP contribution in [0.1, 0.15) is 34.2 Å². The maximum Gasteiger partial charge on any atom is 0.274 e. The number of para-hydroxylation sites is 2. The van der Waals surface area contributed by atoms with Gasteiger partial charge in [-0.05, 0) is 51.0 Å². The third-order valence-corrected chi connectivity index (χ3v) is 4.25. The molecule has 6 heteroatoms. The zero-order chi connectivity index (χ0) is 19.4. The normalized spacial score (nSPS) is 11.9. The molecular formula is C21H24N4O2. The first-order valence-electron chi connectivity index (χ1n) is 8.95. The average molecular weight is 364 g/mol. The average Bonchev–Trinajstić information content (AvgIpc) is 3.04. The predicted octanol–water partition coefficient (Wildman–Crippen LogP) is 3.39. The highest BCUT2D eigenvalue weighted by Crippen LogP contribution is 2.22. The highest BCUT2D eigenvalue weighted by molar-refractivity contribution is 5.93. The van der Waals surface area contributed by atoms with Gasteiger partial charge in [-0.1, -0.05) is 36.4 Å². The molecule has 1 N–H and O–H groups in total. The Bertz CT molecular complexity index is 914. The highest BCUT2D eigenvalue weighted by Gasteiger charge is 2.18. The van der Waals surface area contributed by atoms with E-state index in [1.54, 1.807) is 6.92 Å². The topological polar surface area (TPSA) is 69.0 Å². The van der Waals surface area contributed by atoms with E-state index in [2.05, 4.69) is 15.5 Å². The van der Waals surface area contributed by atoms with Crippen LogP contribution in [-0.2, 0) is 0 Å². The van der Waals surface area contributed by atoms with Crippen LogP contribution in [0.25, 0.3) is 5.69 Å². The van der Waals surface area contributed by atoms with Gasteiger partial charge < -0.3 is 10.1 Å². The predicted molar refractivity (Wildman–Crippen MR) is 104 cm³/mol. The third kappa shape index (κ3) is 4.34. The maximum atomic E-state index is 12.6. The van der Waals surface area contributed by atoms with Gasteiger partial charge in [-0.25, -0.2) is 0 Å². The van der Waals surface area contributed by atoms with Gasteiger partial charge >= 0.3 is 0 Å². The zero-order valence-corrected chi connectivity index (χ0v) is 16.1. The number of amides is 1. The first kappa shape index (κ1) is 18.6. The van der Waals surface area contributed by atoms with Crippen molar-refractivity contribution in [2.75, 3.05) is 6.61 Å². The number of rotatable bonds is 6. The van der Waals surface area contributed by atoms with Crippen molar-refractivity contribution in [3.8, 4) is 11.4 Å². The van der Waals surface area contributed by atoms with Crippen LogP contribution < -0.4 is 10.1 Å². The summed E-state index contributed by atoms with van der Waals surface area (Å²) in [5.74, 6) is 0.608. The van der Waals surface area contributed by atoms with E-state index < -0.39 is 0 Å². The van der Waals surface area contributed by atoms with E-state index in [1.165, 1.54) is 4.80 Å². The van der Waals surface area contributed by atoms with E-state index in [-0.39, 0.29) is 11.9 Å². The minimum absolute atomic E-state index is 0.169. The fourth-order valence-electron chi connectivity index (χ4n) is 2.83. The second kappa shape index (κ2) is 8.03. The van der Waals surface area contributed by atoms with E-state index in [0.29, 0.717) is 18.0 Å². The molecule has 1 heterocycles. The highest BCUT2D eigenvalue weighted by atomic mass is 16.5. The van der Waals surface area contributed by atoms with E-state index in [9.17, 15) is 4.79 Å². The Balaban J connectivity index is 1.64. The van der Waals surface area contributed by atoms with Crippen LogP contribution in [0.15, 0.2) is 48.5 Å². The number of nitrogens with one attached hydrogen (secondary N) is 1. The molecule has 0 bridgehead atoms. The molecule has 0 aliphatic carbocycles. The molecular weight excluding hydrogens is 340 g/mol. The summed E-state index contributed by atoms with van der Waals surface area (Å²) in [7, 11) is 0. The first-order chi connectivity index (χ1) is 13.0. The molecule has 0 spiro atoms. The number of ether oxygens (including phenoxy) is 1. The van der Waals surface area contributed by atoms with Gasteiger partial charge in [0.25, 0.3) is 5.91 Å². The number of hydrogen-bond donors (Lipinski definition) is 1. The molecule has 1 amide bonds. The van der Waals surface area contributed by atoms with Crippen molar-refractivity contribution in [2.45, 2.75) is 33.7 Å². The molecule has 3 rings (SSSR count). The number of benzene rings is 2. The third-order valence-electron chi connectivity index (χ3n) is 4.25. The van der Waals surface area contributed by atoms with Gasteiger partial charge in [0.05, 0.1) is 17.4 Å². The van der Waals surface area contributed by atoms with Crippen molar-refractivity contribution >= 4 is 5.91 Å². The lowest BCUT2D eigenvalue weighted by molar-refractivity contribution is 0.0920. The Hall–Kier alpha value is -3.15. The van der Waals surface area contributed by atoms with Crippen molar-refractivity contribution in [3.05, 3.63) is 71.0 Å². The molecule has 0 aliphatic heterocycles. The Labute approximate surface area is 159 Å². The van der Waals surface area contributed by atoms with Crippen molar-refractivity contribution in [2.24, 2.45) is 0 Å². The zero-order valence-electron chi connectivity index (χ0n) is 16.1. The van der Waals surface area contributed by atoms with Crippen LogP contribution in [0.2, 0.25) is 0 Å². The summed E-state index contributed by atoms with van der Waals surface area (Å²) in [6.45, 7) is 8.08. The molecule has 0 aliphatic rings. The van der Waals surface area contributed by atoms with Gasteiger partial charge in [-0.15, -0.1) is 5.10 Å². The van der Waals surface area contributed by atoms with Crippen molar-refractivity contribution in [3.63, 3.8) is 0 Å².